The van der Waals surface area contributed by atoms with E-state index in [1.54, 1.807) is 13.8 Å². The van der Waals surface area contributed by atoms with Gasteiger partial charge in [-0.25, -0.2) is 8.42 Å². The number of nitrogens with two attached hydrogens (primary N) is 1. The molecule has 0 saturated carbocycles. The van der Waals surface area contributed by atoms with Crippen LogP contribution in [-0.4, -0.2) is 44.1 Å². The second-order valence-electron chi connectivity index (χ2n) is 5.61. The third-order valence-corrected chi connectivity index (χ3v) is 4.02. The van der Waals surface area contributed by atoms with Crippen LogP contribution in [0.2, 0.25) is 0 Å². The number of nitro groups is 1. The number of nitrogens with one attached hydrogen (secondary N) is 2. The van der Waals surface area contributed by atoms with Crippen molar-refractivity contribution in [3.05, 3.63) is 28.3 Å². The van der Waals surface area contributed by atoms with Crippen molar-refractivity contribution in [2.45, 2.75) is 24.3 Å². The Morgan fingerprint density at radius 1 is 1.35 bits per heavy atom. The molecule has 0 aromatic heterocycles. The molecule has 1 amide bonds. The Morgan fingerprint density at radius 3 is 2.43 bits per heavy atom. The highest BCUT2D eigenvalue weighted by atomic mass is 32.2. The molecule has 0 fully saturated rings. The Bertz CT molecular complexity index is 710. The third-order valence-electron chi connectivity index (χ3n) is 2.91. The predicted octanol–water partition coefficient (Wildman–Crippen LogP) is 0.264. The van der Waals surface area contributed by atoms with E-state index < -0.39 is 20.3 Å². The quantitative estimate of drug-likeness (QED) is 0.365. The van der Waals surface area contributed by atoms with Crippen molar-refractivity contribution in [1.82, 2.24) is 5.32 Å². The van der Waals surface area contributed by atoms with Crippen molar-refractivity contribution in [1.29, 1.82) is 0 Å². The van der Waals surface area contributed by atoms with E-state index in [2.05, 4.69) is 10.6 Å². The first-order valence-electron chi connectivity index (χ1n) is 6.72. The Kier molecular flexibility index (Phi) is 5.67. The topological polar surface area (TPSA) is 144 Å². The SMILES string of the molecule is CC(C)(N)C(=O)NCCNc1ccc(S(C)(=O)=O)cc1[N+](=O)[O-]. The van der Waals surface area contributed by atoms with Gasteiger partial charge in [0, 0.05) is 25.4 Å². The number of rotatable bonds is 7. The lowest BCUT2D eigenvalue weighted by Gasteiger charge is -2.18. The molecule has 0 bridgehead atoms. The number of nitro benzene ring substituents is 1. The molecule has 4 N–H and O–H groups in total. The molecule has 1 rings (SSSR count). The molecule has 0 aliphatic rings. The van der Waals surface area contributed by atoms with Gasteiger partial charge in [0.25, 0.3) is 5.69 Å². The number of carbonyl (C=O) groups excluding carboxylic acids is 1. The number of amides is 1. The fourth-order valence-corrected chi connectivity index (χ4v) is 2.28. The maximum atomic E-state index is 11.6. The largest absolute Gasteiger partial charge is 0.378 e. The average Bonchev–Trinajstić information content (AvgIpc) is 2.40. The van der Waals surface area contributed by atoms with Gasteiger partial charge in [-0.1, -0.05) is 0 Å². The Morgan fingerprint density at radius 2 is 1.96 bits per heavy atom. The van der Waals surface area contributed by atoms with Gasteiger partial charge in [0.1, 0.15) is 5.69 Å². The minimum absolute atomic E-state index is 0.132. The lowest BCUT2D eigenvalue weighted by molar-refractivity contribution is -0.384. The first kappa shape index (κ1) is 18.8. The molecule has 10 heteroatoms. The first-order chi connectivity index (χ1) is 10.4. The second kappa shape index (κ2) is 6.92. The molecule has 128 valence electrons. The summed E-state index contributed by atoms with van der Waals surface area (Å²) in [5, 5.41) is 16.4. The highest BCUT2D eigenvalue weighted by Gasteiger charge is 2.21. The van der Waals surface area contributed by atoms with Crippen LogP contribution in [0.25, 0.3) is 0 Å². The summed E-state index contributed by atoms with van der Waals surface area (Å²) in [7, 11) is -3.53. The van der Waals surface area contributed by atoms with E-state index in [1.807, 2.05) is 0 Å². The standard InChI is InChI=1S/C13H20N4O5S/c1-13(2,14)12(18)16-7-6-15-10-5-4-9(23(3,21)22)8-11(10)17(19)20/h4-5,8,15H,6-7,14H2,1-3H3,(H,16,18). The van der Waals surface area contributed by atoms with Crippen LogP contribution in [0.5, 0.6) is 0 Å². The van der Waals surface area contributed by atoms with E-state index >= 15 is 0 Å². The van der Waals surface area contributed by atoms with Gasteiger partial charge in [0.2, 0.25) is 5.91 Å². The molecule has 9 nitrogen and oxygen atoms in total. The highest BCUT2D eigenvalue weighted by molar-refractivity contribution is 7.90. The van der Waals surface area contributed by atoms with E-state index in [-0.39, 0.29) is 35.3 Å². The maximum Gasteiger partial charge on any atom is 0.293 e. The van der Waals surface area contributed by atoms with Crippen LogP contribution >= 0.6 is 0 Å². The summed E-state index contributed by atoms with van der Waals surface area (Å²) < 4.78 is 22.9. The van der Waals surface area contributed by atoms with Gasteiger partial charge in [0.05, 0.1) is 15.4 Å². The van der Waals surface area contributed by atoms with Crippen molar-refractivity contribution < 1.29 is 18.1 Å². The number of hydrogen-bond acceptors (Lipinski definition) is 7. The average molecular weight is 344 g/mol. The van der Waals surface area contributed by atoms with Gasteiger partial charge in [-0.2, -0.15) is 0 Å². The number of hydrogen-bond donors (Lipinski definition) is 3. The summed E-state index contributed by atoms with van der Waals surface area (Å²) in [6.07, 6.45) is 0.975. The molecule has 0 aliphatic carbocycles. The van der Waals surface area contributed by atoms with E-state index in [9.17, 15) is 23.3 Å². The van der Waals surface area contributed by atoms with Crippen LogP contribution < -0.4 is 16.4 Å². The van der Waals surface area contributed by atoms with E-state index in [4.69, 9.17) is 5.73 Å². The maximum absolute atomic E-state index is 11.6. The van der Waals surface area contributed by atoms with E-state index in [1.165, 1.54) is 12.1 Å². The first-order valence-corrected chi connectivity index (χ1v) is 8.61. The van der Waals surface area contributed by atoms with Crippen molar-refractivity contribution in [2.24, 2.45) is 5.73 Å². The molecule has 0 saturated heterocycles. The van der Waals surface area contributed by atoms with Crippen LogP contribution in [-0.2, 0) is 14.6 Å². The number of sulfone groups is 1. The molecule has 0 radical (unpaired) electrons. The summed E-state index contributed by atoms with van der Waals surface area (Å²) in [6.45, 7) is 3.56. The number of nitrogens with zero attached hydrogens (tertiary/aromatic N) is 1. The molecule has 1 aromatic carbocycles. The van der Waals surface area contributed by atoms with Gasteiger partial charge in [-0.05, 0) is 26.0 Å². The van der Waals surface area contributed by atoms with E-state index in [0.29, 0.717) is 0 Å². The molecule has 0 spiro atoms. The van der Waals surface area contributed by atoms with Crippen LogP contribution in [0.4, 0.5) is 11.4 Å². The molecular formula is C13H20N4O5S. The third kappa shape index (κ3) is 5.49. The fraction of sp³-hybridized carbons (Fsp3) is 0.462. The summed E-state index contributed by atoms with van der Waals surface area (Å²) in [4.78, 5) is 21.8. The van der Waals surface area contributed by atoms with Crippen molar-refractivity contribution >= 4 is 27.1 Å². The van der Waals surface area contributed by atoms with Gasteiger partial charge in [-0.3, -0.25) is 14.9 Å². The van der Waals surface area contributed by atoms with E-state index in [0.717, 1.165) is 12.3 Å². The van der Waals surface area contributed by atoms with Crippen molar-refractivity contribution in [3.63, 3.8) is 0 Å². The molecule has 0 unspecified atom stereocenters. The zero-order chi connectivity index (χ0) is 17.8. The minimum Gasteiger partial charge on any atom is -0.378 e. The zero-order valence-corrected chi connectivity index (χ0v) is 13.9. The zero-order valence-electron chi connectivity index (χ0n) is 13.1. The molecule has 23 heavy (non-hydrogen) atoms. The second-order valence-corrected chi connectivity index (χ2v) is 7.63. The highest BCUT2D eigenvalue weighted by Crippen LogP contribution is 2.27. The monoisotopic (exact) mass is 344 g/mol. The van der Waals surface area contributed by atoms with Crippen LogP contribution in [0, 0.1) is 10.1 Å². The Labute approximate surface area is 134 Å². The normalized spacial score (nSPS) is 11.8. The van der Waals surface area contributed by atoms with Crippen LogP contribution in [0.3, 0.4) is 0 Å². The minimum atomic E-state index is -3.53. The van der Waals surface area contributed by atoms with Crippen LogP contribution in [0.1, 0.15) is 13.8 Å². The van der Waals surface area contributed by atoms with Crippen LogP contribution in [0.15, 0.2) is 23.1 Å². The summed E-state index contributed by atoms with van der Waals surface area (Å²) >= 11 is 0. The van der Waals surface area contributed by atoms with Gasteiger partial charge in [-0.15, -0.1) is 0 Å². The summed E-state index contributed by atoms with van der Waals surface area (Å²) in [5.74, 6) is -0.346. The fourth-order valence-electron chi connectivity index (χ4n) is 1.64. The smallest absolute Gasteiger partial charge is 0.293 e. The Balaban J connectivity index is 2.78. The predicted molar refractivity (Wildman–Crippen MR) is 86.0 cm³/mol. The molecule has 0 atom stereocenters. The lowest BCUT2D eigenvalue weighted by Crippen LogP contribution is -2.50. The molecule has 0 aliphatic heterocycles. The summed E-state index contributed by atoms with van der Waals surface area (Å²) in [5.41, 5.74) is 4.43. The van der Waals surface area contributed by atoms with Crippen molar-refractivity contribution in [2.75, 3.05) is 24.7 Å². The molecule has 0 heterocycles. The molecule has 1 aromatic rings. The van der Waals surface area contributed by atoms with Crippen molar-refractivity contribution in [3.8, 4) is 0 Å². The molecular weight excluding hydrogens is 324 g/mol. The number of carbonyl (C=O) groups is 1. The van der Waals surface area contributed by atoms with Gasteiger partial charge in [0.15, 0.2) is 9.84 Å². The number of benzene rings is 1. The summed E-state index contributed by atoms with van der Waals surface area (Å²) in [6, 6.07) is 3.61. The Hall–Kier alpha value is -2.20. The lowest BCUT2D eigenvalue weighted by atomic mass is 10.1. The number of anilines is 1. The van der Waals surface area contributed by atoms with Gasteiger partial charge < -0.3 is 16.4 Å². The van der Waals surface area contributed by atoms with Gasteiger partial charge >= 0.3 is 0 Å².